The summed E-state index contributed by atoms with van der Waals surface area (Å²) in [5.41, 5.74) is 4.80. The number of nitrogens with zero attached hydrogens (tertiary/aromatic N) is 3. The van der Waals surface area contributed by atoms with Gasteiger partial charge < -0.3 is 19.1 Å². The molecule has 1 amide bonds. The summed E-state index contributed by atoms with van der Waals surface area (Å²) in [6.45, 7) is 6.10. The third-order valence-electron chi connectivity index (χ3n) is 7.43. The number of hydrogen-bond acceptors (Lipinski definition) is 8. The van der Waals surface area contributed by atoms with E-state index >= 15 is 0 Å². The van der Waals surface area contributed by atoms with Crippen molar-refractivity contribution in [3.05, 3.63) is 99.5 Å². The van der Waals surface area contributed by atoms with Crippen LogP contribution in [0.1, 0.15) is 48.2 Å². The molecule has 1 heterocycles. The summed E-state index contributed by atoms with van der Waals surface area (Å²) < 4.78 is 22.7. The van der Waals surface area contributed by atoms with E-state index in [2.05, 4.69) is 10.3 Å². The van der Waals surface area contributed by atoms with E-state index in [9.17, 15) is 9.59 Å². The van der Waals surface area contributed by atoms with E-state index in [1.54, 1.807) is 18.2 Å². The lowest BCUT2D eigenvalue weighted by Gasteiger charge is -2.18. The van der Waals surface area contributed by atoms with E-state index in [4.69, 9.17) is 42.0 Å². The van der Waals surface area contributed by atoms with Crippen molar-refractivity contribution in [3.63, 3.8) is 0 Å². The average Bonchev–Trinajstić information content (AvgIpc) is 3.55. The number of hydrogen-bond donors (Lipinski definition) is 0. The molecule has 1 aromatic heterocycles. The maximum absolute atomic E-state index is 12.3. The first-order valence-electron chi connectivity index (χ1n) is 14.9. The van der Waals surface area contributed by atoms with Crippen LogP contribution in [0.15, 0.2) is 77.4 Å². The summed E-state index contributed by atoms with van der Waals surface area (Å²) in [6.07, 6.45) is 1.76. The van der Waals surface area contributed by atoms with Crippen LogP contribution >= 0.6 is 23.2 Å². The van der Waals surface area contributed by atoms with Gasteiger partial charge in [-0.1, -0.05) is 59.6 Å². The number of ether oxygens (including phenoxy) is 3. The van der Waals surface area contributed by atoms with Crippen LogP contribution in [0, 0.1) is 0 Å². The minimum Gasteiger partial charge on any atom is -0.494 e. The van der Waals surface area contributed by atoms with Crippen LogP contribution in [0.2, 0.25) is 10.0 Å². The van der Waals surface area contributed by atoms with Gasteiger partial charge in [0.2, 0.25) is 5.91 Å². The van der Waals surface area contributed by atoms with E-state index in [1.165, 1.54) is 6.07 Å². The van der Waals surface area contributed by atoms with Crippen molar-refractivity contribution < 1.29 is 28.4 Å². The second kappa shape index (κ2) is 15.6. The van der Waals surface area contributed by atoms with Gasteiger partial charge in [-0.3, -0.25) is 9.59 Å². The SMILES string of the molecule is CCN(CC)C(=O)CCCOc1cccc(-c2cccc(COc3cc(OCc4ccc5nonc5c4)c(C=O)cc3Cl)c2Cl)c1. The van der Waals surface area contributed by atoms with Crippen LogP contribution < -0.4 is 14.2 Å². The molecule has 0 atom stereocenters. The van der Waals surface area contributed by atoms with Gasteiger partial charge in [-0.05, 0) is 72.0 Å². The molecule has 11 heteroatoms. The zero-order chi connectivity index (χ0) is 32.5. The Bertz CT molecular complexity index is 1820. The lowest BCUT2D eigenvalue weighted by molar-refractivity contribution is -0.131. The number of benzene rings is 4. The summed E-state index contributed by atoms with van der Waals surface area (Å²) in [5, 5.41) is 8.44. The van der Waals surface area contributed by atoms with Gasteiger partial charge in [0, 0.05) is 36.7 Å². The number of carbonyl (C=O) groups is 2. The molecule has 0 aliphatic heterocycles. The molecule has 0 saturated heterocycles. The van der Waals surface area contributed by atoms with E-state index in [1.807, 2.05) is 67.3 Å². The number of fused-ring (bicyclic) bond motifs is 1. The highest BCUT2D eigenvalue weighted by atomic mass is 35.5. The predicted octanol–water partition coefficient (Wildman–Crippen LogP) is 8.19. The van der Waals surface area contributed by atoms with Crippen molar-refractivity contribution in [1.29, 1.82) is 0 Å². The number of amides is 1. The van der Waals surface area contributed by atoms with Crippen molar-refractivity contribution in [3.8, 4) is 28.4 Å². The van der Waals surface area contributed by atoms with Crippen molar-refractivity contribution in [1.82, 2.24) is 15.2 Å². The summed E-state index contributed by atoms with van der Waals surface area (Å²) in [5.74, 6) is 1.49. The topological polar surface area (TPSA) is 104 Å². The molecule has 0 aliphatic carbocycles. The van der Waals surface area contributed by atoms with E-state index in [0.717, 1.165) is 22.3 Å². The number of aldehydes is 1. The Balaban J connectivity index is 1.24. The largest absolute Gasteiger partial charge is 0.494 e. The molecule has 0 N–H and O–H groups in total. The number of aromatic nitrogens is 2. The number of halogens is 2. The minimum absolute atomic E-state index is 0.124. The first-order chi connectivity index (χ1) is 22.4. The summed E-state index contributed by atoms with van der Waals surface area (Å²) in [6, 6.07) is 21.9. The minimum atomic E-state index is 0.124. The Morgan fingerprint density at radius 2 is 1.65 bits per heavy atom. The Labute approximate surface area is 276 Å². The van der Waals surface area contributed by atoms with Crippen LogP contribution in [0.5, 0.6) is 17.2 Å². The lowest BCUT2D eigenvalue weighted by Crippen LogP contribution is -2.30. The zero-order valence-electron chi connectivity index (χ0n) is 25.5. The van der Waals surface area contributed by atoms with E-state index < -0.39 is 0 Å². The predicted molar refractivity (Wildman–Crippen MR) is 177 cm³/mol. The van der Waals surface area contributed by atoms with Crippen LogP contribution in [0.4, 0.5) is 0 Å². The van der Waals surface area contributed by atoms with Gasteiger partial charge in [0.05, 0.1) is 22.2 Å². The zero-order valence-corrected chi connectivity index (χ0v) is 27.0. The molecule has 238 valence electrons. The quantitative estimate of drug-likeness (QED) is 0.0817. The average molecular weight is 663 g/mol. The Morgan fingerprint density at radius 1 is 0.870 bits per heavy atom. The fraction of sp³-hybridized carbons (Fsp3) is 0.257. The van der Waals surface area contributed by atoms with Crippen molar-refractivity contribution in [2.75, 3.05) is 19.7 Å². The molecule has 0 saturated carbocycles. The van der Waals surface area contributed by atoms with E-state index in [0.29, 0.717) is 77.7 Å². The van der Waals surface area contributed by atoms with Gasteiger partial charge in [0.15, 0.2) is 6.29 Å². The second-order valence-corrected chi connectivity index (χ2v) is 11.2. The molecule has 46 heavy (non-hydrogen) atoms. The molecule has 0 bridgehead atoms. The maximum atomic E-state index is 12.3. The molecule has 0 fully saturated rings. The Morgan fingerprint density at radius 3 is 2.46 bits per heavy atom. The summed E-state index contributed by atoms with van der Waals surface area (Å²) in [7, 11) is 0. The molecule has 0 spiro atoms. The van der Waals surface area contributed by atoms with Gasteiger partial charge in [0.25, 0.3) is 0 Å². The highest BCUT2D eigenvalue weighted by Crippen LogP contribution is 2.36. The number of carbonyl (C=O) groups excluding carboxylic acids is 2. The van der Waals surface area contributed by atoms with Crippen LogP contribution in [-0.2, 0) is 18.0 Å². The fourth-order valence-electron chi connectivity index (χ4n) is 4.93. The molecule has 0 unspecified atom stereocenters. The van der Waals surface area contributed by atoms with Gasteiger partial charge >= 0.3 is 0 Å². The third kappa shape index (κ3) is 7.97. The third-order valence-corrected chi connectivity index (χ3v) is 8.17. The summed E-state index contributed by atoms with van der Waals surface area (Å²) in [4.78, 5) is 25.8. The van der Waals surface area contributed by atoms with Crippen molar-refractivity contribution in [2.24, 2.45) is 0 Å². The van der Waals surface area contributed by atoms with Crippen LogP contribution in [-0.4, -0.2) is 47.1 Å². The van der Waals surface area contributed by atoms with E-state index in [-0.39, 0.29) is 24.1 Å². The number of rotatable bonds is 15. The highest BCUT2D eigenvalue weighted by Gasteiger charge is 2.15. The highest BCUT2D eigenvalue weighted by molar-refractivity contribution is 6.34. The molecule has 4 aromatic carbocycles. The molecule has 0 radical (unpaired) electrons. The summed E-state index contributed by atoms with van der Waals surface area (Å²) >= 11 is 13.3. The molecular formula is C35H33Cl2N3O6. The monoisotopic (exact) mass is 661 g/mol. The van der Waals surface area contributed by atoms with Gasteiger partial charge in [0.1, 0.15) is 41.5 Å². The first-order valence-corrected chi connectivity index (χ1v) is 15.7. The lowest BCUT2D eigenvalue weighted by atomic mass is 10.0. The fourth-order valence-corrected chi connectivity index (χ4v) is 5.44. The molecule has 5 rings (SSSR count). The Hall–Kier alpha value is -4.60. The second-order valence-electron chi connectivity index (χ2n) is 10.4. The van der Waals surface area contributed by atoms with Gasteiger partial charge in [-0.25, -0.2) is 4.63 Å². The first kappa shape index (κ1) is 32.8. The smallest absolute Gasteiger partial charge is 0.222 e. The molecule has 5 aromatic rings. The van der Waals surface area contributed by atoms with Crippen LogP contribution in [0.3, 0.4) is 0 Å². The maximum Gasteiger partial charge on any atom is 0.222 e. The Kier molecular flexibility index (Phi) is 11.1. The van der Waals surface area contributed by atoms with Gasteiger partial charge in [-0.15, -0.1) is 0 Å². The van der Waals surface area contributed by atoms with Crippen molar-refractivity contribution in [2.45, 2.75) is 39.9 Å². The standard InChI is InChI=1S/C35H33Cl2N3O6/c1-3-40(4-2)34(42)12-7-15-43-27-10-5-8-24(17-27)28-11-6-9-25(35(28)37)22-45-33-19-32(26(20-41)18-29(33)36)44-21-23-13-14-30-31(16-23)39-46-38-30/h5-6,8-11,13-14,16-20H,3-4,7,12,15,21-22H2,1-2H3. The van der Waals surface area contributed by atoms with Gasteiger partial charge in [-0.2, -0.15) is 0 Å². The van der Waals surface area contributed by atoms with Crippen molar-refractivity contribution >= 4 is 46.4 Å². The van der Waals surface area contributed by atoms with Crippen LogP contribution in [0.25, 0.3) is 22.2 Å². The molecule has 9 nitrogen and oxygen atoms in total. The molecule has 0 aliphatic rings. The molecular weight excluding hydrogens is 629 g/mol. The normalized spacial score (nSPS) is 11.0.